The van der Waals surface area contributed by atoms with Gasteiger partial charge in [0.25, 0.3) is 5.91 Å². The fourth-order valence-corrected chi connectivity index (χ4v) is 5.34. The van der Waals surface area contributed by atoms with E-state index in [-0.39, 0.29) is 6.42 Å². The van der Waals surface area contributed by atoms with Crippen LogP contribution in [0.4, 0.5) is 15.9 Å². The van der Waals surface area contributed by atoms with Crippen molar-refractivity contribution in [3.05, 3.63) is 72.0 Å². The molecular weight excluding hydrogens is 443 g/mol. The van der Waals surface area contributed by atoms with E-state index in [1.807, 2.05) is 0 Å². The Bertz CT molecular complexity index is 1340. The van der Waals surface area contributed by atoms with E-state index in [4.69, 9.17) is 0 Å². The van der Waals surface area contributed by atoms with Crippen molar-refractivity contribution in [2.24, 2.45) is 0 Å². The molecule has 3 aromatic rings. The first-order valence-electron chi connectivity index (χ1n) is 11.8. The number of fused-ring (bicyclic) bond motifs is 2. The van der Waals surface area contributed by atoms with Crippen LogP contribution in [0, 0.1) is 18.3 Å². The lowest BCUT2D eigenvalue weighted by Gasteiger charge is -2.42. The third kappa shape index (κ3) is 4.18. The highest BCUT2D eigenvalue weighted by Gasteiger charge is 2.34. The number of carbonyl (C=O) groups is 1. The number of aromatic nitrogens is 2. The first kappa shape index (κ1) is 22.8. The Morgan fingerprint density at radius 2 is 1.97 bits per heavy atom. The van der Waals surface area contributed by atoms with Gasteiger partial charge in [-0.05, 0) is 30.4 Å². The van der Waals surface area contributed by atoms with E-state index in [2.05, 4.69) is 75.7 Å². The molecule has 0 N–H and O–H groups in total. The van der Waals surface area contributed by atoms with Gasteiger partial charge >= 0.3 is 0 Å². The minimum atomic E-state index is -0.996. The molecule has 0 saturated carbocycles. The molecule has 0 radical (unpaired) electrons. The van der Waals surface area contributed by atoms with Crippen LogP contribution in [0.1, 0.15) is 23.2 Å². The summed E-state index contributed by atoms with van der Waals surface area (Å²) in [5.41, 5.74) is 4.55. The second kappa shape index (κ2) is 9.34. The van der Waals surface area contributed by atoms with Gasteiger partial charge in [0.05, 0.1) is 30.8 Å². The van der Waals surface area contributed by atoms with Crippen LogP contribution in [0.25, 0.3) is 10.8 Å². The first-order valence-corrected chi connectivity index (χ1v) is 11.8. The Morgan fingerprint density at radius 1 is 1.17 bits per heavy atom. The van der Waals surface area contributed by atoms with Gasteiger partial charge in [-0.25, -0.2) is 14.4 Å². The van der Waals surface area contributed by atoms with Crippen molar-refractivity contribution in [2.45, 2.75) is 32.4 Å². The average molecular weight is 471 g/mol. The van der Waals surface area contributed by atoms with Crippen LogP contribution in [0.15, 0.2) is 55.1 Å². The van der Waals surface area contributed by atoms with Gasteiger partial charge in [-0.3, -0.25) is 4.79 Å². The van der Waals surface area contributed by atoms with Crippen LogP contribution < -0.4 is 9.80 Å². The molecule has 35 heavy (non-hydrogen) atoms. The van der Waals surface area contributed by atoms with Crippen molar-refractivity contribution in [3.8, 4) is 6.07 Å². The molecule has 0 bridgehead atoms. The SMILES string of the molecule is C=C(F)C(=O)N1CCN(c2ncnc3c2CCN(c2cccc4cccc(C)c24)C3)C[C@@H]1CC#N. The fraction of sp³-hybridized carbons (Fsp3) is 0.333. The van der Waals surface area contributed by atoms with Crippen molar-refractivity contribution in [1.82, 2.24) is 14.9 Å². The average Bonchev–Trinajstić information content (AvgIpc) is 2.87. The second-order valence-electron chi connectivity index (χ2n) is 9.11. The number of nitriles is 1. The number of hydrogen-bond donors (Lipinski definition) is 0. The van der Waals surface area contributed by atoms with Gasteiger partial charge in [0.2, 0.25) is 0 Å². The Hall–Kier alpha value is -3.99. The molecule has 2 aliphatic rings. The van der Waals surface area contributed by atoms with Crippen LogP contribution in [0.5, 0.6) is 0 Å². The molecular formula is C27H27FN6O. The summed E-state index contributed by atoms with van der Waals surface area (Å²) in [5, 5.41) is 11.8. The summed E-state index contributed by atoms with van der Waals surface area (Å²) >= 11 is 0. The quantitative estimate of drug-likeness (QED) is 0.538. The Balaban J connectivity index is 1.42. The molecule has 2 aliphatic heterocycles. The van der Waals surface area contributed by atoms with Crippen molar-refractivity contribution < 1.29 is 9.18 Å². The third-order valence-corrected chi connectivity index (χ3v) is 7.02. The summed E-state index contributed by atoms with van der Waals surface area (Å²) < 4.78 is 13.5. The van der Waals surface area contributed by atoms with Crippen LogP contribution >= 0.6 is 0 Å². The predicted molar refractivity (Wildman–Crippen MR) is 134 cm³/mol. The number of hydrogen-bond acceptors (Lipinski definition) is 6. The number of rotatable bonds is 4. The maximum absolute atomic E-state index is 13.5. The molecule has 1 fully saturated rings. The number of piperazine rings is 1. The molecule has 1 atom stereocenters. The predicted octanol–water partition coefficient (Wildman–Crippen LogP) is 3.92. The first-order chi connectivity index (χ1) is 17.0. The molecule has 178 valence electrons. The number of amides is 1. The monoisotopic (exact) mass is 470 g/mol. The fourth-order valence-electron chi connectivity index (χ4n) is 5.34. The molecule has 8 heteroatoms. The molecule has 2 aromatic carbocycles. The van der Waals surface area contributed by atoms with Crippen LogP contribution in [-0.2, 0) is 17.8 Å². The second-order valence-corrected chi connectivity index (χ2v) is 9.11. The van der Waals surface area contributed by atoms with Crippen LogP contribution in [-0.4, -0.2) is 53.0 Å². The smallest absolute Gasteiger partial charge is 0.282 e. The van der Waals surface area contributed by atoms with Gasteiger partial charge < -0.3 is 14.7 Å². The number of anilines is 2. The number of nitrogens with zero attached hydrogens (tertiary/aromatic N) is 6. The number of halogens is 1. The van der Waals surface area contributed by atoms with Gasteiger partial charge in [0.15, 0.2) is 5.83 Å². The van der Waals surface area contributed by atoms with E-state index < -0.39 is 17.8 Å². The van der Waals surface area contributed by atoms with Gasteiger partial charge in [-0.1, -0.05) is 36.9 Å². The maximum Gasteiger partial charge on any atom is 0.282 e. The zero-order valence-corrected chi connectivity index (χ0v) is 19.7. The normalized spacial score (nSPS) is 17.7. The number of aryl methyl sites for hydroxylation is 1. The molecule has 3 heterocycles. The molecule has 7 nitrogen and oxygen atoms in total. The van der Waals surface area contributed by atoms with E-state index in [1.54, 1.807) is 6.33 Å². The minimum absolute atomic E-state index is 0.122. The molecule has 1 amide bonds. The van der Waals surface area contributed by atoms with E-state index in [0.29, 0.717) is 26.2 Å². The largest absolute Gasteiger partial charge is 0.365 e. The lowest BCUT2D eigenvalue weighted by molar-refractivity contribution is -0.131. The molecule has 1 saturated heterocycles. The molecule has 0 aliphatic carbocycles. The van der Waals surface area contributed by atoms with Gasteiger partial charge in [-0.15, -0.1) is 0 Å². The zero-order valence-electron chi connectivity index (χ0n) is 19.7. The lowest BCUT2D eigenvalue weighted by atomic mass is 9.99. The minimum Gasteiger partial charge on any atom is -0.365 e. The zero-order chi connectivity index (χ0) is 24.5. The lowest BCUT2D eigenvalue weighted by Crippen LogP contribution is -2.55. The summed E-state index contributed by atoms with van der Waals surface area (Å²) in [7, 11) is 0. The third-order valence-electron chi connectivity index (χ3n) is 7.02. The standard InChI is InChI=1S/C27H27FN6O/c1-18-5-3-6-20-7-4-8-24(25(18)20)32-12-10-22-23(16-32)30-17-31-26(22)33-13-14-34(27(35)19(2)28)21(15-33)9-11-29/h3-8,17,21H,2,9-10,12-16H2,1H3/t21-/m0/s1. The highest BCUT2D eigenvalue weighted by atomic mass is 19.1. The van der Waals surface area contributed by atoms with E-state index in [0.717, 1.165) is 30.0 Å². The van der Waals surface area contributed by atoms with E-state index in [9.17, 15) is 14.4 Å². The van der Waals surface area contributed by atoms with Crippen LogP contribution in [0.3, 0.4) is 0 Å². The summed E-state index contributed by atoms with van der Waals surface area (Å²) in [6.07, 6.45) is 2.50. The van der Waals surface area contributed by atoms with Crippen molar-refractivity contribution >= 4 is 28.2 Å². The van der Waals surface area contributed by atoms with Gasteiger partial charge in [-0.2, -0.15) is 5.26 Å². The molecule has 0 spiro atoms. The summed E-state index contributed by atoms with van der Waals surface area (Å²) in [4.78, 5) is 27.3. The summed E-state index contributed by atoms with van der Waals surface area (Å²) in [5.74, 6) is -0.891. The molecule has 5 rings (SSSR count). The highest BCUT2D eigenvalue weighted by Crippen LogP contribution is 2.34. The van der Waals surface area contributed by atoms with Gasteiger partial charge in [0, 0.05) is 42.8 Å². The van der Waals surface area contributed by atoms with E-state index in [1.165, 1.54) is 26.9 Å². The molecule has 0 unspecified atom stereocenters. The van der Waals surface area contributed by atoms with Crippen LogP contribution in [0.2, 0.25) is 0 Å². The van der Waals surface area contributed by atoms with Crippen molar-refractivity contribution in [1.29, 1.82) is 5.26 Å². The maximum atomic E-state index is 13.5. The number of carbonyl (C=O) groups excluding carboxylic acids is 1. The Morgan fingerprint density at radius 3 is 2.74 bits per heavy atom. The molecule has 1 aromatic heterocycles. The highest BCUT2D eigenvalue weighted by molar-refractivity contribution is 5.97. The van der Waals surface area contributed by atoms with Crippen molar-refractivity contribution in [3.63, 3.8) is 0 Å². The van der Waals surface area contributed by atoms with E-state index >= 15 is 0 Å². The Kier molecular flexibility index (Phi) is 6.08. The number of benzene rings is 2. The van der Waals surface area contributed by atoms with Crippen molar-refractivity contribution in [2.75, 3.05) is 36.0 Å². The summed E-state index contributed by atoms with van der Waals surface area (Å²) in [6, 6.07) is 14.5. The summed E-state index contributed by atoms with van der Waals surface area (Å²) in [6.45, 7) is 8.04. The topological polar surface area (TPSA) is 76.4 Å². The Labute approximate surface area is 204 Å². The van der Waals surface area contributed by atoms with Gasteiger partial charge in [0.1, 0.15) is 12.1 Å².